The Bertz CT molecular complexity index is 163. The quantitative estimate of drug-likeness (QED) is 0.426. The van der Waals surface area contributed by atoms with Gasteiger partial charge in [0.15, 0.2) is 11.8 Å². The summed E-state index contributed by atoms with van der Waals surface area (Å²) in [5.41, 5.74) is 0. The second-order valence-corrected chi connectivity index (χ2v) is 7.08. The van der Waals surface area contributed by atoms with Gasteiger partial charge in [0, 0.05) is 6.61 Å². The Hall–Kier alpha value is 0.500. The van der Waals surface area contributed by atoms with E-state index in [0.717, 1.165) is 19.4 Å². The lowest BCUT2D eigenvalue weighted by atomic mass is 10.1. The minimum Gasteiger partial charge on any atom is -1.00 e. The van der Waals surface area contributed by atoms with Crippen molar-refractivity contribution in [2.45, 2.75) is 84.5 Å². The Morgan fingerprint density at radius 1 is 0.714 bits per heavy atom. The van der Waals surface area contributed by atoms with Crippen molar-refractivity contribution in [3.05, 3.63) is 0 Å². The number of quaternary nitrogens is 1. The van der Waals surface area contributed by atoms with Crippen LogP contribution in [0.15, 0.2) is 0 Å². The predicted molar refractivity (Wildman–Crippen MR) is 92.0 cm³/mol. The van der Waals surface area contributed by atoms with Gasteiger partial charge in [-0.05, 0) is 12.8 Å². The molecule has 132 valence electrons. The normalized spacial score (nSPS) is 10.6. The molecule has 0 aromatic rings. The molecule has 0 fully saturated rings. The third-order valence-electron chi connectivity index (χ3n) is 3.27. The number of aliphatic hydroxyl groups is 1. The second-order valence-electron chi connectivity index (χ2n) is 6.17. The fraction of sp³-hybridized carbons (Fsp3) is 1.00. The van der Waals surface area contributed by atoms with Crippen LogP contribution in [0.1, 0.15) is 84.5 Å². The van der Waals surface area contributed by atoms with E-state index in [2.05, 4.69) is 13.8 Å². The van der Waals surface area contributed by atoms with E-state index in [1.807, 2.05) is 14.1 Å². The van der Waals surface area contributed by atoms with Crippen LogP contribution in [0.25, 0.3) is 0 Å². The highest BCUT2D eigenvalue weighted by molar-refractivity contribution is 6.06. The first-order valence-corrected chi connectivity index (χ1v) is 8.95. The molecule has 0 amide bonds. The SMILES string of the molecule is CCCCCCCCCCCCO.CCC[N+](C)(C)Cl.[Cl-]. The van der Waals surface area contributed by atoms with Crippen molar-refractivity contribution in [1.29, 1.82) is 0 Å². The first-order chi connectivity index (χ1) is 9.47. The van der Waals surface area contributed by atoms with Gasteiger partial charge in [0.05, 0.1) is 20.6 Å². The molecule has 2 nitrogen and oxygen atoms in total. The minimum atomic E-state index is 0. The van der Waals surface area contributed by atoms with Gasteiger partial charge in [-0.15, -0.1) is 0 Å². The van der Waals surface area contributed by atoms with E-state index in [1.165, 1.54) is 57.8 Å². The first-order valence-electron chi connectivity index (χ1n) is 8.61. The Kier molecular flexibility index (Phi) is 25.8. The molecule has 0 saturated heterocycles. The van der Waals surface area contributed by atoms with Crippen LogP contribution in [0.3, 0.4) is 0 Å². The fourth-order valence-electron chi connectivity index (χ4n) is 2.13. The fourth-order valence-corrected chi connectivity index (χ4v) is 2.30. The van der Waals surface area contributed by atoms with Crippen LogP contribution in [-0.2, 0) is 0 Å². The molecule has 21 heavy (non-hydrogen) atoms. The van der Waals surface area contributed by atoms with Gasteiger partial charge >= 0.3 is 0 Å². The second kappa shape index (κ2) is 20.5. The van der Waals surface area contributed by atoms with Crippen LogP contribution in [0, 0.1) is 0 Å². The van der Waals surface area contributed by atoms with Crippen molar-refractivity contribution in [3.63, 3.8) is 0 Å². The van der Waals surface area contributed by atoms with Crippen LogP contribution in [0.5, 0.6) is 0 Å². The number of unbranched alkanes of at least 4 members (excludes halogenated alkanes) is 9. The molecule has 0 aliphatic heterocycles. The molecule has 0 spiro atoms. The van der Waals surface area contributed by atoms with Gasteiger partial charge in [-0.1, -0.05) is 71.6 Å². The lowest BCUT2D eigenvalue weighted by molar-refractivity contribution is -0.771. The molecule has 0 aromatic carbocycles. The van der Waals surface area contributed by atoms with E-state index >= 15 is 0 Å². The summed E-state index contributed by atoms with van der Waals surface area (Å²) in [4.78, 5) is 0. The molecule has 0 rings (SSSR count). The molecule has 0 unspecified atom stereocenters. The van der Waals surface area contributed by atoms with Crippen molar-refractivity contribution < 1.29 is 21.5 Å². The van der Waals surface area contributed by atoms with Crippen LogP contribution < -0.4 is 12.4 Å². The zero-order valence-corrected chi connectivity index (χ0v) is 16.4. The maximum atomic E-state index is 8.57. The summed E-state index contributed by atoms with van der Waals surface area (Å²) in [5.74, 6) is 0. The molecule has 4 heteroatoms. The molecule has 0 aliphatic rings. The molecular formula is C17H39Cl2NO. The van der Waals surface area contributed by atoms with Crippen LogP contribution in [-0.4, -0.2) is 36.4 Å². The number of aliphatic hydroxyl groups excluding tert-OH is 1. The summed E-state index contributed by atoms with van der Waals surface area (Å²) in [6.45, 7) is 5.80. The van der Waals surface area contributed by atoms with Crippen LogP contribution in [0.4, 0.5) is 0 Å². The van der Waals surface area contributed by atoms with Crippen molar-refractivity contribution in [2.75, 3.05) is 27.2 Å². The lowest BCUT2D eigenvalue weighted by Gasteiger charge is -2.15. The molecule has 0 aliphatic carbocycles. The Labute approximate surface area is 145 Å². The van der Waals surface area contributed by atoms with Gasteiger partial charge in [-0.25, -0.2) is 4.00 Å². The van der Waals surface area contributed by atoms with Gasteiger partial charge in [-0.2, -0.15) is 0 Å². The van der Waals surface area contributed by atoms with Gasteiger partial charge < -0.3 is 17.5 Å². The topological polar surface area (TPSA) is 20.2 Å². The summed E-state index contributed by atoms with van der Waals surface area (Å²) in [6.07, 6.45) is 14.5. The van der Waals surface area contributed by atoms with Crippen molar-refractivity contribution in [2.24, 2.45) is 0 Å². The minimum absolute atomic E-state index is 0. The highest BCUT2D eigenvalue weighted by Crippen LogP contribution is 2.10. The third-order valence-corrected chi connectivity index (χ3v) is 3.44. The lowest BCUT2D eigenvalue weighted by Crippen LogP contribution is -3.00. The maximum absolute atomic E-state index is 8.57. The number of nitrogens with zero attached hydrogens (tertiary/aromatic N) is 1. The summed E-state index contributed by atoms with van der Waals surface area (Å²) >= 11 is 5.77. The van der Waals surface area contributed by atoms with Gasteiger partial charge in [0.25, 0.3) is 0 Å². The van der Waals surface area contributed by atoms with Crippen LogP contribution in [0.2, 0.25) is 0 Å². The van der Waals surface area contributed by atoms with Gasteiger partial charge in [-0.3, -0.25) is 0 Å². The standard InChI is InChI=1S/C12H26O.C5H13ClN.ClH/c1-2-3-4-5-6-7-8-9-10-11-12-13;1-4-5-7(2,3)6;/h13H,2-12H2,1H3;4-5H2,1-3H3;1H/q;+1;/p-1. The molecule has 0 radical (unpaired) electrons. The van der Waals surface area contributed by atoms with E-state index in [1.54, 1.807) is 0 Å². The van der Waals surface area contributed by atoms with E-state index in [-0.39, 0.29) is 12.4 Å². The summed E-state index contributed by atoms with van der Waals surface area (Å²) in [7, 11) is 3.95. The molecule has 0 bridgehead atoms. The third kappa shape index (κ3) is 33.4. The van der Waals surface area contributed by atoms with E-state index in [9.17, 15) is 0 Å². The van der Waals surface area contributed by atoms with Crippen LogP contribution >= 0.6 is 11.8 Å². The molecule has 0 saturated carbocycles. The Morgan fingerprint density at radius 2 is 1.10 bits per heavy atom. The smallest absolute Gasteiger partial charge is 0.164 e. The van der Waals surface area contributed by atoms with Crippen molar-refractivity contribution in [3.8, 4) is 0 Å². The molecule has 0 aromatic heterocycles. The zero-order valence-electron chi connectivity index (χ0n) is 14.8. The van der Waals surface area contributed by atoms with E-state index < -0.39 is 0 Å². The zero-order chi connectivity index (χ0) is 15.7. The summed E-state index contributed by atoms with van der Waals surface area (Å²) in [6, 6.07) is 0. The average Bonchev–Trinajstić information content (AvgIpc) is 2.36. The summed E-state index contributed by atoms with van der Waals surface area (Å²) < 4.78 is 0.566. The monoisotopic (exact) mass is 343 g/mol. The number of halogens is 2. The van der Waals surface area contributed by atoms with Crippen molar-refractivity contribution >= 4 is 11.8 Å². The average molecular weight is 344 g/mol. The maximum Gasteiger partial charge on any atom is 0.164 e. The van der Waals surface area contributed by atoms with Gasteiger partial charge in [0.1, 0.15) is 0 Å². The molecule has 1 N–H and O–H groups in total. The Morgan fingerprint density at radius 3 is 1.33 bits per heavy atom. The highest BCUT2D eigenvalue weighted by Gasteiger charge is 2.06. The first kappa shape index (κ1) is 26.4. The summed E-state index contributed by atoms with van der Waals surface area (Å²) in [5, 5.41) is 8.57. The van der Waals surface area contributed by atoms with E-state index in [4.69, 9.17) is 16.9 Å². The number of hydrogen-bond donors (Lipinski definition) is 1. The van der Waals surface area contributed by atoms with E-state index in [0.29, 0.717) is 10.6 Å². The molecule has 0 atom stereocenters. The Balaban J connectivity index is -0.000000347. The molecule has 0 heterocycles. The van der Waals surface area contributed by atoms with Gasteiger partial charge in [0.2, 0.25) is 0 Å². The number of rotatable bonds is 12. The molecular weight excluding hydrogens is 305 g/mol. The van der Waals surface area contributed by atoms with Crippen molar-refractivity contribution in [1.82, 2.24) is 0 Å². The number of hydrogen-bond acceptors (Lipinski definition) is 1. The predicted octanol–water partition coefficient (Wildman–Crippen LogP) is 2.53. The highest BCUT2D eigenvalue weighted by atomic mass is 35.5. The largest absolute Gasteiger partial charge is 1.00 e.